The Morgan fingerprint density at radius 2 is 2.00 bits per heavy atom. The quantitative estimate of drug-likeness (QED) is 0.443. The van der Waals surface area contributed by atoms with E-state index < -0.39 is 0 Å². The molecule has 0 saturated carbocycles. The third kappa shape index (κ3) is 5.10. The second-order valence-electron chi connectivity index (χ2n) is 6.37. The van der Waals surface area contributed by atoms with Gasteiger partial charge in [-0.1, -0.05) is 34.7 Å². The lowest BCUT2D eigenvalue weighted by Gasteiger charge is -2.11. The van der Waals surface area contributed by atoms with Crippen LogP contribution in [0, 0.1) is 13.8 Å². The van der Waals surface area contributed by atoms with Crippen LogP contribution in [0.5, 0.6) is 11.5 Å². The number of ether oxygens (including phenoxy) is 2. The van der Waals surface area contributed by atoms with Crippen LogP contribution in [0.15, 0.2) is 57.4 Å². The zero-order valence-corrected chi connectivity index (χ0v) is 18.8. The Bertz CT molecular complexity index is 1030. The van der Waals surface area contributed by atoms with E-state index in [9.17, 15) is 4.79 Å². The number of amides is 1. The number of rotatable bonds is 6. The molecule has 1 aliphatic heterocycles. The summed E-state index contributed by atoms with van der Waals surface area (Å²) in [4.78, 5) is 17.5. The number of benzene rings is 2. The van der Waals surface area contributed by atoms with Crippen LogP contribution in [-0.2, 0) is 4.79 Å². The van der Waals surface area contributed by atoms with Crippen LogP contribution in [0.4, 0.5) is 5.69 Å². The van der Waals surface area contributed by atoms with Crippen molar-refractivity contribution in [2.24, 2.45) is 4.99 Å². The minimum absolute atomic E-state index is 0.185. The fraction of sp³-hybridized carbons (Fsp3) is 0.182. The molecule has 1 fully saturated rings. The van der Waals surface area contributed by atoms with Crippen LogP contribution in [0.1, 0.15) is 16.7 Å². The fourth-order valence-corrected chi connectivity index (χ4v) is 3.89. The number of aliphatic imine (C=N–C) groups is 1. The van der Waals surface area contributed by atoms with Gasteiger partial charge < -0.3 is 14.8 Å². The molecule has 29 heavy (non-hydrogen) atoms. The maximum atomic E-state index is 12.4. The predicted octanol–water partition coefficient (Wildman–Crippen LogP) is 5.53. The summed E-state index contributed by atoms with van der Waals surface area (Å²) in [5.74, 6) is 0.992. The minimum Gasteiger partial charge on any atom is -0.493 e. The summed E-state index contributed by atoms with van der Waals surface area (Å²) in [5.41, 5.74) is 3.98. The Hall–Kier alpha value is -2.51. The predicted molar refractivity (Wildman–Crippen MR) is 123 cm³/mol. The van der Waals surface area contributed by atoms with E-state index in [1.807, 2.05) is 37.3 Å². The number of hydrogen-bond acceptors (Lipinski definition) is 5. The molecular weight excluding hydrogens is 452 g/mol. The molecule has 0 aromatic heterocycles. The highest BCUT2D eigenvalue weighted by Crippen LogP contribution is 2.36. The number of carbonyl (C=O) groups is 1. The van der Waals surface area contributed by atoms with Gasteiger partial charge in [0.2, 0.25) is 0 Å². The number of nitrogens with one attached hydrogen (secondary N) is 1. The first-order chi connectivity index (χ1) is 13.9. The summed E-state index contributed by atoms with van der Waals surface area (Å²) in [7, 11) is 1.58. The Kier molecular flexibility index (Phi) is 6.82. The number of nitrogens with zero attached hydrogens (tertiary/aromatic N) is 1. The van der Waals surface area contributed by atoms with Gasteiger partial charge in [-0.25, -0.2) is 4.99 Å². The lowest BCUT2D eigenvalue weighted by molar-refractivity contribution is -0.115. The average molecular weight is 473 g/mol. The summed E-state index contributed by atoms with van der Waals surface area (Å²) in [6.07, 6.45) is 3.46. The molecule has 150 valence electrons. The maximum absolute atomic E-state index is 12.4. The van der Waals surface area contributed by atoms with Crippen molar-refractivity contribution in [3.63, 3.8) is 0 Å². The van der Waals surface area contributed by atoms with E-state index in [1.54, 1.807) is 19.3 Å². The summed E-state index contributed by atoms with van der Waals surface area (Å²) in [6, 6.07) is 9.60. The number of aryl methyl sites for hydroxylation is 2. The zero-order valence-electron chi connectivity index (χ0n) is 16.4. The highest BCUT2D eigenvalue weighted by molar-refractivity contribution is 9.10. The Labute approximate surface area is 183 Å². The Morgan fingerprint density at radius 1 is 1.21 bits per heavy atom. The average Bonchev–Trinajstić information content (AvgIpc) is 3.03. The van der Waals surface area contributed by atoms with Crippen molar-refractivity contribution < 1.29 is 14.3 Å². The van der Waals surface area contributed by atoms with Crippen molar-refractivity contribution in [1.29, 1.82) is 0 Å². The van der Waals surface area contributed by atoms with Crippen LogP contribution < -0.4 is 14.8 Å². The van der Waals surface area contributed by atoms with E-state index in [0.29, 0.717) is 28.2 Å². The monoisotopic (exact) mass is 472 g/mol. The van der Waals surface area contributed by atoms with Crippen molar-refractivity contribution in [2.45, 2.75) is 13.8 Å². The third-order valence-electron chi connectivity index (χ3n) is 4.30. The van der Waals surface area contributed by atoms with E-state index in [4.69, 9.17) is 9.47 Å². The van der Waals surface area contributed by atoms with E-state index in [0.717, 1.165) is 21.3 Å². The van der Waals surface area contributed by atoms with Crippen molar-refractivity contribution in [3.8, 4) is 11.5 Å². The molecule has 1 heterocycles. The molecule has 0 atom stereocenters. The molecule has 7 heteroatoms. The number of methoxy groups -OCH3 is 1. The first kappa shape index (κ1) is 21.2. The standard InChI is InChI=1S/C22H21BrN2O3S/c1-5-8-28-19-12-17(23)15(10-18(19)27-4)11-20-21(26)25-22(29-20)24-16-7-6-13(2)14(3)9-16/h5-7,9-12H,1,8H2,2-4H3,(H,24,25,26)/b20-11-. The maximum Gasteiger partial charge on any atom is 0.264 e. The fourth-order valence-electron chi connectivity index (χ4n) is 2.62. The van der Waals surface area contributed by atoms with Gasteiger partial charge in [0.15, 0.2) is 16.7 Å². The van der Waals surface area contributed by atoms with Gasteiger partial charge in [0, 0.05) is 4.47 Å². The van der Waals surface area contributed by atoms with Crippen LogP contribution in [0.25, 0.3) is 6.08 Å². The van der Waals surface area contributed by atoms with E-state index in [2.05, 4.69) is 39.7 Å². The van der Waals surface area contributed by atoms with Gasteiger partial charge in [0.1, 0.15) is 6.61 Å². The molecule has 0 spiro atoms. The normalized spacial score (nSPS) is 16.2. The van der Waals surface area contributed by atoms with Crippen LogP contribution in [0.3, 0.4) is 0 Å². The van der Waals surface area contributed by atoms with E-state index in [-0.39, 0.29) is 5.91 Å². The molecule has 1 amide bonds. The van der Waals surface area contributed by atoms with Gasteiger partial charge in [-0.2, -0.15) is 0 Å². The molecule has 0 aliphatic carbocycles. The van der Waals surface area contributed by atoms with Crippen molar-refractivity contribution in [3.05, 3.63) is 69.1 Å². The van der Waals surface area contributed by atoms with Crippen molar-refractivity contribution in [1.82, 2.24) is 5.32 Å². The Balaban J connectivity index is 1.87. The van der Waals surface area contributed by atoms with E-state index in [1.165, 1.54) is 17.3 Å². The van der Waals surface area contributed by atoms with Crippen molar-refractivity contribution >= 4 is 50.5 Å². The molecule has 5 nitrogen and oxygen atoms in total. The minimum atomic E-state index is -0.185. The molecule has 1 saturated heterocycles. The molecule has 0 radical (unpaired) electrons. The molecule has 0 bridgehead atoms. The third-order valence-corrected chi connectivity index (χ3v) is 5.89. The molecule has 1 aliphatic rings. The molecule has 0 unspecified atom stereocenters. The van der Waals surface area contributed by atoms with Crippen LogP contribution >= 0.6 is 27.7 Å². The second-order valence-corrected chi connectivity index (χ2v) is 8.26. The summed E-state index contributed by atoms with van der Waals surface area (Å²) < 4.78 is 11.8. The molecular formula is C22H21BrN2O3S. The molecule has 3 rings (SSSR count). The van der Waals surface area contributed by atoms with Gasteiger partial charge in [0.05, 0.1) is 17.7 Å². The lowest BCUT2D eigenvalue weighted by Crippen LogP contribution is -2.19. The van der Waals surface area contributed by atoms with Gasteiger partial charge in [-0.15, -0.1) is 0 Å². The molecule has 1 N–H and O–H groups in total. The molecule has 2 aromatic carbocycles. The van der Waals surface area contributed by atoms with Crippen LogP contribution in [-0.4, -0.2) is 24.8 Å². The smallest absolute Gasteiger partial charge is 0.264 e. The highest BCUT2D eigenvalue weighted by Gasteiger charge is 2.24. The first-order valence-corrected chi connectivity index (χ1v) is 10.5. The van der Waals surface area contributed by atoms with Gasteiger partial charge in [0.25, 0.3) is 5.91 Å². The van der Waals surface area contributed by atoms with Crippen LogP contribution in [0.2, 0.25) is 0 Å². The van der Waals surface area contributed by atoms with E-state index >= 15 is 0 Å². The zero-order chi connectivity index (χ0) is 21.0. The number of thioether (sulfide) groups is 1. The van der Waals surface area contributed by atoms with Gasteiger partial charge >= 0.3 is 0 Å². The SMILES string of the molecule is C=CCOc1cc(Br)c(/C=C2\SC(=Nc3ccc(C)c(C)c3)NC2=O)cc1OC. The number of halogens is 1. The first-order valence-electron chi connectivity index (χ1n) is 8.89. The number of amidine groups is 1. The van der Waals surface area contributed by atoms with Gasteiger partial charge in [-0.3, -0.25) is 4.79 Å². The summed E-state index contributed by atoms with van der Waals surface area (Å²) in [6.45, 7) is 8.12. The summed E-state index contributed by atoms with van der Waals surface area (Å²) in [5, 5.41) is 3.37. The molecule has 2 aromatic rings. The highest BCUT2D eigenvalue weighted by atomic mass is 79.9. The lowest BCUT2D eigenvalue weighted by atomic mass is 10.1. The second kappa shape index (κ2) is 9.33. The number of hydrogen-bond donors (Lipinski definition) is 1. The number of carbonyl (C=O) groups excluding carboxylic acids is 1. The summed E-state index contributed by atoms with van der Waals surface area (Å²) >= 11 is 4.84. The van der Waals surface area contributed by atoms with Gasteiger partial charge in [-0.05, 0) is 72.6 Å². The van der Waals surface area contributed by atoms with Crippen molar-refractivity contribution in [2.75, 3.05) is 13.7 Å². The largest absolute Gasteiger partial charge is 0.493 e. The topological polar surface area (TPSA) is 59.9 Å². The Morgan fingerprint density at radius 3 is 2.69 bits per heavy atom.